The molecule has 412 valence electrons. The summed E-state index contributed by atoms with van der Waals surface area (Å²) in [6.07, 6.45) is -4.80. The summed E-state index contributed by atoms with van der Waals surface area (Å²) in [4.78, 5) is 146. The number of aliphatic hydroxyl groups is 4. The number of aliphatic carboxylic acids is 1. The number of carbonyl (C=O) groups is 11. The molecular weight excluding hydrogens is 977 g/mol. The second-order valence-corrected chi connectivity index (χ2v) is 16.8. The Balaban J connectivity index is 3.22. The van der Waals surface area contributed by atoms with Gasteiger partial charge in [0.05, 0.1) is 31.3 Å². The third kappa shape index (κ3) is 21.7. The number of allylic oxidation sites excluding steroid dienone is 1. The molecule has 1 aliphatic heterocycles. The Morgan fingerprint density at radius 1 is 0.822 bits per heavy atom. The molecule has 32 heteroatoms. The lowest BCUT2D eigenvalue weighted by atomic mass is 9.97. The average Bonchev–Trinajstić information content (AvgIpc) is 3.32. The minimum atomic E-state index is -2.60. The summed E-state index contributed by atoms with van der Waals surface area (Å²) in [5, 5.41) is 88.3. The van der Waals surface area contributed by atoms with Gasteiger partial charge in [-0.1, -0.05) is 13.0 Å². The van der Waals surface area contributed by atoms with Crippen LogP contribution >= 0.6 is 0 Å². The van der Waals surface area contributed by atoms with Crippen LogP contribution in [0.4, 0.5) is 0 Å². The van der Waals surface area contributed by atoms with Gasteiger partial charge in [0, 0.05) is 32.6 Å². The van der Waals surface area contributed by atoms with Crippen LogP contribution in [0.25, 0.3) is 0 Å². The van der Waals surface area contributed by atoms with Crippen LogP contribution in [0.1, 0.15) is 73.1 Å². The van der Waals surface area contributed by atoms with Crippen molar-refractivity contribution in [1.29, 1.82) is 0 Å². The van der Waals surface area contributed by atoms with Crippen molar-refractivity contribution >= 4 is 71.0 Å². The Morgan fingerprint density at radius 3 is 1.95 bits per heavy atom. The molecule has 73 heavy (non-hydrogen) atoms. The second kappa shape index (κ2) is 31.4. The summed E-state index contributed by atoms with van der Waals surface area (Å²) < 4.78 is 0. The highest BCUT2D eigenvalue weighted by Gasteiger charge is 2.39. The van der Waals surface area contributed by atoms with Crippen molar-refractivity contribution in [2.75, 3.05) is 32.8 Å². The predicted octanol–water partition coefficient (Wildman–Crippen LogP) is -8.72. The van der Waals surface area contributed by atoms with E-state index in [1.165, 1.54) is 20.8 Å². The Morgan fingerprint density at radius 2 is 1.40 bits per heavy atom. The van der Waals surface area contributed by atoms with E-state index in [0.717, 1.165) is 19.9 Å². The molecule has 0 aromatic carbocycles. The van der Waals surface area contributed by atoms with Gasteiger partial charge in [0.2, 0.25) is 47.3 Å². The maximum Gasteiger partial charge on any atom is 0.335 e. The van der Waals surface area contributed by atoms with Gasteiger partial charge in [-0.3, -0.25) is 63.4 Å². The molecule has 1 aliphatic rings. The molecule has 1 saturated heterocycles. The predicted molar refractivity (Wildman–Crippen MR) is 249 cm³/mol. The highest BCUT2D eigenvalue weighted by Crippen LogP contribution is 2.12. The quantitative estimate of drug-likeness (QED) is 0.00793. The summed E-state index contributed by atoms with van der Waals surface area (Å²) in [6.45, 7) is 3.52. The number of rotatable bonds is 30. The van der Waals surface area contributed by atoms with Crippen molar-refractivity contribution in [2.24, 2.45) is 28.1 Å². The first kappa shape index (κ1) is 63.9. The largest absolute Gasteiger partial charge is 0.479 e. The molecule has 0 unspecified atom stereocenters. The van der Waals surface area contributed by atoms with Gasteiger partial charge in [-0.25, -0.2) is 14.9 Å². The highest BCUT2D eigenvalue weighted by molar-refractivity contribution is 6.02. The fourth-order valence-corrected chi connectivity index (χ4v) is 6.59. The normalized spacial score (nSPS) is 17.7. The zero-order valence-corrected chi connectivity index (χ0v) is 40.9. The lowest BCUT2D eigenvalue weighted by Crippen LogP contribution is -2.62. The van der Waals surface area contributed by atoms with Crippen LogP contribution in [0.5, 0.6) is 0 Å². The van der Waals surface area contributed by atoms with Crippen LogP contribution in [0, 0.1) is 5.92 Å². The van der Waals surface area contributed by atoms with Crippen LogP contribution in [0.2, 0.25) is 0 Å². The molecule has 10 amide bonds. The molecule has 0 spiro atoms. The summed E-state index contributed by atoms with van der Waals surface area (Å²) in [5.41, 5.74) is 15.8. The van der Waals surface area contributed by atoms with E-state index in [-0.39, 0.29) is 57.7 Å². The molecule has 1 rings (SSSR count). The maximum absolute atomic E-state index is 13.7. The van der Waals surface area contributed by atoms with Gasteiger partial charge in [-0.05, 0) is 59.3 Å². The zero-order chi connectivity index (χ0) is 55.9. The minimum absolute atomic E-state index is 0.00874. The number of nitrogens with zero attached hydrogens (tertiary/aromatic N) is 3. The number of amides is 10. The highest BCUT2D eigenvalue weighted by atomic mass is 16.5. The van der Waals surface area contributed by atoms with Gasteiger partial charge >= 0.3 is 5.97 Å². The molecule has 0 aromatic heterocycles. The summed E-state index contributed by atoms with van der Waals surface area (Å²) >= 11 is 0. The first-order chi connectivity index (χ1) is 34.1. The van der Waals surface area contributed by atoms with Gasteiger partial charge in [-0.15, -0.1) is 0 Å². The number of carboxylic acid groups (broad SMARTS) is 1. The van der Waals surface area contributed by atoms with Crippen molar-refractivity contribution in [3.05, 3.63) is 11.8 Å². The van der Waals surface area contributed by atoms with E-state index in [4.69, 9.17) is 17.2 Å². The van der Waals surface area contributed by atoms with Gasteiger partial charge in [0.1, 0.15) is 41.9 Å². The van der Waals surface area contributed by atoms with Crippen LogP contribution in [-0.4, -0.2) is 210 Å². The number of aliphatic imine (C=N–C) groups is 1. The van der Waals surface area contributed by atoms with Crippen molar-refractivity contribution in [3.63, 3.8) is 0 Å². The van der Waals surface area contributed by atoms with E-state index in [0.29, 0.717) is 16.5 Å². The monoisotopic (exact) mass is 1050 g/mol. The molecule has 0 bridgehead atoms. The summed E-state index contributed by atoms with van der Waals surface area (Å²) in [7, 11) is 0. The van der Waals surface area contributed by atoms with Gasteiger partial charge < -0.3 is 85.3 Å². The third-order valence-electron chi connectivity index (χ3n) is 10.9. The fourth-order valence-electron chi connectivity index (χ4n) is 6.59. The molecule has 32 nitrogen and oxygen atoms in total. The van der Waals surface area contributed by atoms with E-state index in [9.17, 15) is 88.7 Å². The maximum atomic E-state index is 13.7. The number of aliphatic hydroxyl groups excluding tert-OH is 4. The molecule has 0 radical (unpaired) electrons. The molecule has 0 aliphatic carbocycles. The number of guanidine groups is 1. The molecule has 1 heterocycles. The van der Waals surface area contributed by atoms with E-state index < -0.39 is 150 Å². The van der Waals surface area contributed by atoms with Crippen molar-refractivity contribution in [2.45, 2.75) is 134 Å². The van der Waals surface area contributed by atoms with Crippen molar-refractivity contribution in [3.8, 4) is 0 Å². The fraction of sp³-hybridized carbons (Fsp3) is 0.659. The van der Waals surface area contributed by atoms with E-state index >= 15 is 0 Å². The number of hydrogen-bond acceptors (Lipinski definition) is 19. The number of nitrogens with one attached hydrogen (secondary N) is 8. The lowest BCUT2D eigenvalue weighted by Gasteiger charge is -2.30. The number of nitrogens with two attached hydrogens (primary N) is 3. The number of piperidine rings is 1. The van der Waals surface area contributed by atoms with Crippen LogP contribution < -0.4 is 59.7 Å². The topological polar surface area (TPSA) is 523 Å². The summed E-state index contributed by atoms with van der Waals surface area (Å²) in [6, 6.07) is -11.2. The number of hydrogen-bond donors (Lipinski definition) is 18. The Kier molecular flexibility index (Phi) is 27.5. The van der Waals surface area contributed by atoms with Crippen LogP contribution in [0.15, 0.2) is 16.8 Å². The molecule has 0 saturated carbocycles. The van der Waals surface area contributed by atoms with E-state index in [1.807, 2.05) is 10.6 Å². The van der Waals surface area contributed by atoms with Gasteiger partial charge in [-0.2, -0.15) is 0 Å². The van der Waals surface area contributed by atoms with Crippen LogP contribution in [0.3, 0.4) is 0 Å². The smallest absolute Gasteiger partial charge is 0.335 e. The Labute approximate surface area is 418 Å². The average molecular weight is 1050 g/mol. The van der Waals surface area contributed by atoms with E-state index in [2.05, 4.69) is 36.9 Å². The number of carbonyl (C=O) groups excluding carboxylic acids is 10. The van der Waals surface area contributed by atoms with E-state index in [1.54, 1.807) is 0 Å². The van der Waals surface area contributed by atoms with Crippen LogP contribution in [-0.2, 0) is 52.7 Å². The number of hydroxylamine groups is 4. The lowest BCUT2D eigenvalue weighted by molar-refractivity contribution is -0.173. The first-order valence-corrected chi connectivity index (χ1v) is 22.8. The zero-order valence-electron chi connectivity index (χ0n) is 40.9. The van der Waals surface area contributed by atoms with Gasteiger partial charge in [0.25, 0.3) is 11.8 Å². The number of carboxylic acids is 1. The molecule has 0 aromatic rings. The Hall–Kier alpha value is -7.10. The second-order valence-electron chi connectivity index (χ2n) is 16.8. The Bertz CT molecular complexity index is 2040. The van der Waals surface area contributed by atoms with Crippen molar-refractivity contribution in [1.82, 2.24) is 52.7 Å². The molecule has 11 atom stereocenters. The molecule has 1 fully saturated rings. The molecular formula is C41H70N14O18. The standard InChI is InChI=1S/C41H70N14O18/c1-6-22(47-27(59)16-46-37(67)28(20(4)57)52-38(68)29(31(61)40(70)71)53-32(62)18(2)30(60)19(3)42)33(63)48-24(11-8-14-54(72)21(5)58)35(65)51-26(17-56)36(66)49-23(10-7-13-45-41(43)44)34(64)50-25-12-9-15-55(73)39(25)69/h6,18-20,23-26,28-31,56-57,60-61,72-73H,7-17,42H2,1-5H3,(H,46,67)(H,47,59)(H,48,63)(H,49,66)(H,50,64)(H,51,65)(H,52,68)(H,53,62)(H,70,71)(H4,43,44,45)/b22-6-/t18-,19+,20+,23+,24-,25+,26+,28-,29-,30-,31-/m0/s1. The molecule has 21 N–H and O–H groups in total. The third-order valence-corrected chi connectivity index (χ3v) is 10.9. The first-order valence-electron chi connectivity index (χ1n) is 22.8. The minimum Gasteiger partial charge on any atom is -0.479 e. The summed E-state index contributed by atoms with van der Waals surface area (Å²) in [5.74, 6) is -14.4. The van der Waals surface area contributed by atoms with Crippen molar-refractivity contribution < 1.29 is 88.7 Å². The van der Waals surface area contributed by atoms with Gasteiger partial charge in [0.15, 0.2) is 12.1 Å². The SMILES string of the molecule is C/C=C(\NC(=O)CNC(=O)[C@@H](NC(=O)[C@@H](NC(=O)[C@@H](C)[C@H](O)[C@@H](C)N)[C@H](O)C(=O)O)[C@@H](C)O)C(=O)N[C@@H](CCCN(O)C(C)=O)C(=O)N[C@H](CO)C(=O)N[C@H](CCCN=C(N)N)C(=O)N[C@@H]1CCCN(O)C1=O.